The maximum absolute atomic E-state index is 6.31. The third-order valence-corrected chi connectivity index (χ3v) is 9.81. The van der Waals surface area contributed by atoms with Gasteiger partial charge in [-0.1, -0.05) is 140 Å². The van der Waals surface area contributed by atoms with Gasteiger partial charge in [-0.3, -0.25) is 0 Å². The number of hydrogen-bond donors (Lipinski definition) is 0. The molecule has 9 aromatic carbocycles. The predicted molar refractivity (Wildman–Crippen MR) is 200 cm³/mol. The van der Waals surface area contributed by atoms with Crippen molar-refractivity contribution in [1.29, 1.82) is 0 Å². The van der Waals surface area contributed by atoms with E-state index in [9.17, 15) is 0 Å². The highest BCUT2D eigenvalue weighted by atomic mass is 16.3. The lowest BCUT2D eigenvalue weighted by atomic mass is 9.85. The molecular weight excluding hydrogens is 569 g/mol. The van der Waals surface area contributed by atoms with E-state index in [1.807, 2.05) is 0 Å². The lowest BCUT2D eigenvalue weighted by Gasteiger charge is -2.18. The van der Waals surface area contributed by atoms with Crippen LogP contribution in [-0.2, 0) is 0 Å². The molecule has 0 spiro atoms. The maximum atomic E-state index is 6.31. The molecule has 10 aromatic rings. The molecule has 0 fully saturated rings. The zero-order valence-electron chi connectivity index (χ0n) is 25.6. The summed E-state index contributed by atoms with van der Waals surface area (Å²) < 4.78 is 6.31. The second-order valence-electron chi connectivity index (χ2n) is 12.5. The van der Waals surface area contributed by atoms with Gasteiger partial charge in [0.15, 0.2) is 0 Å². The zero-order chi connectivity index (χ0) is 30.9. The Labute approximate surface area is 271 Å². The molecule has 1 nitrogen and oxygen atoms in total. The van der Waals surface area contributed by atoms with Crippen LogP contribution < -0.4 is 0 Å². The van der Waals surface area contributed by atoms with Gasteiger partial charge in [-0.25, -0.2) is 0 Å². The summed E-state index contributed by atoms with van der Waals surface area (Å²) in [6.45, 7) is 0. The number of hydrogen-bond acceptors (Lipinski definition) is 1. The molecule has 0 atom stereocenters. The van der Waals surface area contributed by atoms with Crippen LogP contribution in [0.4, 0.5) is 0 Å². The highest BCUT2D eigenvalue weighted by Crippen LogP contribution is 2.45. The van der Waals surface area contributed by atoms with E-state index >= 15 is 0 Å². The van der Waals surface area contributed by atoms with Gasteiger partial charge in [-0.05, 0) is 107 Å². The van der Waals surface area contributed by atoms with Crippen molar-refractivity contribution < 1.29 is 4.42 Å². The second kappa shape index (κ2) is 10.2. The van der Waals surface area contributed by atoms with Gasteiger partial charge in [0, 0.05) is 10.8 Å². The minimum atomic E-state index is 0.914. The van der Waals surface area contributed by atoms with E-state index in [0.717, 1.165) is 16.6 Å². The Balaban J connectivity index is 1.20. The molecule has 0 saturated heterocycles. The lowest BCUT2D eigenvalue weighted by molar-refractivity contribution is 0.669. The van der Waals surface area contributed by atoms with Crippen molar-refractivity contribution in [2.45, 2.75) is 0 Å². The number of furan rings is 1. The molecule has 10 rings (SSSR count). The van der Waals surface area contributed by atoms with Crippen LogP contribution in [-0.4, -0.2) is 0 Å². The standard InChI is InChI=1S/C46H28O/c1-2-12-31-26-35(21-20-29(31)10-1)45-39-18-7-5-16-37(39)44(38-17-6-8-19-40(38)45)34-14-9-13-32(27-34)33-23-24-42-41(28-33)46-36-15-4-3-11-30(36)22-25-43(46)47-42/h1-28H. The molecule has 0 N–H and O–H groups in total. The monoisotopic (exact) mass is 596 g/mol. The fourth-order valence-electron chi connectivity index (χ4n) is 7.68. The smallest absolute Gasteiger partial charge is 0.136 e. The van der Waals surface area contributed by atoms with E-state index in [2.05, 4.69) is 170 Å². The summed E-state index contributed by atoms with van der Waals surface area (Å²) in [7, 11) is 0. The molecule has 0 aliphatic heterocycles. The van der Waals surface area contributed by atoms with E-state index in [4.69, 9.17) is 4.42 Å². The van der Waals surface area contributed by atoms with Crippen molar-refractivity contribution in [1.82, 2.24) is 0 Å². The summed E-state index contributed by atoms with van der Waals surface area (Å²) in [6.07, 6.45) is 0. The van der Waals surface area contributed by atoms with Crippen molar-refractivity contribution in [2.24, 2.45) is 0 Å². The normalized spacial score (nSPS) is 11.8. The van der Waals surface area contributed by atoms with Gasteiger partial charge in [0.05, 0.1) is 0 Å². The first-order chi connectivity index (χ1) is 23.3. The van der Waals surface area contributed by atoms with Crippen molar-refractivity contribution in [2.75, 3.05) is 0 Å². The summed E-state index contributed by atoms with van der Waals surface area (Å²) in [6, 6.07) is 61.7. The quantitative estimate of drug-likeness (QED) is 0.185. The van der Waals surface area contributed by atoms with Crippen LogP contribution in [0, 0.1) is 0 Å². The molecule has 47 heavy (non-hydrogen) atoms. The Hall–Kier alpha value is -6.18. The molecule has 0 aliphatic rings. The van der Waals surface area contributed by atoms with Gasteiger partial charge >= 0.3 is 0 Å². The van der Waals surface area contributed by atoms with Crippen LogP contribution in [0.25, 0.3) is 98.4 Å². The van der Waals surface area contributed by atoms with Crippen molar-refractivity contribution >= 4 is 65.0 Å². The van der Waals surface area contributed by atoms with Crippen LogP contribution >= 0.6 is 0 Å². The third-order valence-electron chi connectivity index (χ3n) is 9.81. The predicted octanol–water partition coefficient (Wildman–Crippen LogP) is 13.2. The van der Waals surface area contributed by atoms with Crippen LogP contribution in [0.15, 0.2) is 174 Å². The molecule has 0 amide bonds. The Morgan fingerprint density at radius 3 is 1.51 bits per heavy atom. The molecule has 0 unspecified atom stereocenters. The number of rotatable bonds is 3. The van der Waals surface area contributed by atoms with Crippen molar-refractivity contribution in [3.63, 3.8) is 0 Å². The van der Waals surface area contributed by atoms with Gasteiger partial charge in [0.1, 0.15) is 11.2 Å². The SMILES string of the molecule is c1cc(-c2ccc3oc4ccc5ccccc5c4c3c2)cc(-c2c3ccccc3c(-c3ccc4ccccc4c3)c3ccccc23)c1. The van der Waals surface area contributed by atoms with Crippen LogP contribution in [0.3, 0.4) is 0 Å². The first-order valence-corrected chi connectivity index (χ1v) is 16.2. The van der Waals surface area contributed by atoms with Gasteiger partial charge in [0.25, 0.3) is 0 Å². The molecule has 1 heterocycles. The van der Waals surface area contributed by atoms with Crippen LogP contribution in [0.5, 0.6) is 0 Å². The second-order valence-corrected chi connectivity index (χ2v) is 12.5. The Bertz CT molecular complexity index is 2800. The van der Waals surface area contributed by atoms with E-state index in [0.29, 0.717) is 0 Å². The van der Waals surface area contributed by atoms with E-state index in [1.165, 1.54) is 81.9 Å². The number of benzene rings is 9. The fraction of sp³-hybridized carbons (Fsp3) is 0. The molecule has 1 aromatic heterocycles. The molecule has 218 valence electrons. The molecule has 0 bridgehead atoms. The Morgan fingerprint density at radius 1 is 0.277 bits per heavy atom. The van der Waals surface area contributed by atoms with Gasteiger partial charge in [0.2, 0.25) is 0 Å². The van der Waals surface area contributed by atoms with E-state index in [1.54, 1.807) is 0 Å². The molecule has 0 radical (unpaired) electrons. The lowest BCUT2D eigenvalue weighted by Crippen LogP contribution is -1.91. The molecular formula is C46H28O. The first-order valence-electron chi connectivity index (χ1n) is 16.2. The van der Waals surface area contributed by atoms with Gasteiger partial charge in [-0.15, -0.1) is 0 Å². The van der Waals surface area contributed by atoms with Gasteiger partial charge < -0.3 is 4.42 Å². The Kier molecular flexibility index (Phi) is 5.64. The summed E-state index contributed by atoms with van der Waals surface area (Å²) in [4.78, 5) is 0. The topological polar surface area (TPSA) is 13.1 Å². The average Bonchev–Trinajstić information content (AvgIpc) is 3.52. The fourth-order valence-corrected chi connectivity index (χ4v) is 7.68. The average molecular weight is 597 g/mol. The minimum absolute atomic E-state index is 0.914. The highest BCUT2D eigenvalue weighted by molar-refractivity contribution is 6.22. The molecule has 0 saturated carbocycles. The van der Waals surface area contributed by atoms with Crippen LogP contribution in [0.2, 0.25) is 0 Å². The molecule has 1 heteroatoms. The number of fused-ring (bicyclic) bond motifs is 8. The van der Waals surface area contributed by atoms with Crippen molar-refractivity contribution in [3.8, 4) is 33.4 Å². The summed E-state index contributed by atoms with van der Waals surface area (Å²) >= 11 is 0. The van der Waals surface area contributed by atoms with Gasteiger partial charge in [-0.2, -0.15) is 0 Å². The van der Waals surface area contributed by atoms with Crippen LogP contribution in [0.1, 0.15) is 0 Å². The Morgan fingerprint density at radius 2 is 0.787 bits per heavy atom. The molecule has 0 aliphatic carbocycles. The summed E-state index contributed by atoms with van der Waals surface area (Å²) in [5.74, 6) is 0. The maximum Gasteiger partial charge on any atom is 0.136 e. The first kappa shape index (κ1) is 26.1. The highest BCUT2D eigenvalue weighted by Gasteiger charge is 2.18. The van der Waals surface area contributed by atoms with E-state index < -0.39 is 0 Å². The summed E-state index contributed by atoms with van der Waals surface area (Å²) in [5, 5.41) is 12.3. The third kappa shape index (κ3) is 4.03. The zero-order valence-corrected chi connectivity index (χ0v) is 25.6. The van der Waals surface area contributed by atoms with Crippen molar-refractivity contribution in [3.05, 3.63) is 170 Å². The largest absolute Gasteiger partial charge is 0.456 e. The van der Waals surface area contributed by atoms with E-state index in [-0.39, 0.29) is 0 Å². The minimum Gasteiger partial charge on any atom is -0.456 e. The summed E-state index contributed by atoms with van der Waals surface area (Å²) in [5.41, 5.74) is 9.20.